The van der Waals surface area contributed by atoms with Gasteiger partial charge in [0.05, 0.1) is 6.04 Å². The summed E-state index contributed by atoms with van der Waals surface area (Å²) in [5, 5.41) is 6.32. The number of hydrogen-bond acceptors (Lipinski definition) is 3. The van der Waals surface area contributed by atoms with Crippen LogP contribution in [-0.4, -0.2) is 31.7 Å². The topological polar surface area (TPSA) is 50.4 Å². The third-order valence-corrected chi connectivity index (χ3v) is 3.86. The average molecular weight is 299 g/mol. The van der Waals surface area contributed by atoms with Crippen LogP contribution in [0.3, 0.4) is 0 Å². The van der Waals surface area contributed by atoms with Crippen LogP contribution in [0.25, 0.3) is 0 Å². The lowest BCUT2D eigenvalue weighted by Crippen LogP contribution is -2.54. The molecular weight excluding hydrogens is 276 g/mol. The van der Waals surface area contributed by atoms with Crippen molar-refractivity contribution >= 4 is 18.3 Å². The lowest BCUT2D eigenvalue weighted by molar-refractivity contribution is -0.147. The minimum Gasteiger partial charge on any atom is -0.368 e. The maximum atomic E-state index is 12.5. The molecule has 1 aromatic carbocycles. The van der Waals surface area contributed by atoms with Gasteiger partial charge in [0.15, 0.2) is 0 Å². The average Bonchev–Trinajstić information content (AvgIpc) is 2.48. The molecule has 20 heavy (non-hydrogen) atoms. The molecule has 112 valence electrons. The van der Waals surface area contributed by atoms with E-state index in [9.17, 15) is 4.79 Å². The van der Waals surface area contributed by atoms with Crippen molar-refractivity contribution < 1.29 is 9.53 Å². The molecule has 4 nitrogen and oxygen atoms in total. The number of rotatable bonds is 4. The highest BCUT2D eigenvalue weighted by molar-refractivity contribution is 5.86. The summed E-state index contributed by atoms with van der Waals surface area (Å²) in [7, 11) is 1.62. The normalized spacial score (nSPS) is 18.7. The number of piperidine rings is 1. The Morgan fingerprint density at radius 1 is 1.30 bits per heavy atom. The van der Waals surface area contributed by atoms with Crippen molar-refractivity contribution in [2.75, 3.05) is 20.2 Å². The summed E-state index contributed by atoms with van der Waals surface area (Å²) in [6.07, 6.45) is 1.44. The minimum atomic E-state index is -0.672. The number of halogens is 1. The molecule has 1 saturated heterocycles. The number of methoxy groups -OCH3 is 1. The maximum Gasteiger partial charge on any atom is 0.252 e. The van der Waals surface area contributed by atoms with Crippen molar-refractivity contribution in [3.05, 3.63) is 35.9 Å². The van der Waals surface area contributed by atoms with Crippen molar-refractivity contribution in [1.29, 1.82) is 0 Å². The van der Waals surface area contributed by atoms with Crippen LogP contribution in [0.15, 0.2) is 30.3 Å². The quantitative estimate of drug-likeness (QED) is 0.894. The van der Waals surface area contributed by atoms with Gasteiger partial charge in [-0.3, -0.25) is 4.79 Å². The van der Waals surface area contributed by atoms with E-state index in [1.54, 1.807) is 7.11 Å². The second-order valence-electron chi connectivity index (χ2n) is 5.05. The molecule has 1 atom stereocenters. The SMILES string of the molecule is COC1(C(=O)NC(C)c2ccccc2)CCNCC1.Cl. The Morgan fingerprint density at radius 3 is 2.45 bits per heavy atom. The zero-order valence-electron chi connectivity index (χ0n) is 12.0. The fraction of sp³-hybridized carbons (Fsp3) is 0.533. The van der Waals surface area contributed by atoms with Gasteiger partial charge in [-0.05, 0) is 38.4 Å². The summed E-state index contributed by atoms with van der Waals surface area (Å²) < 4.78 is 5.53. The van der Waals surface area contributed by atoms with E-state index in [-0.39, 0.29) is 24.4 Å². The van der Waals surface area contributed by atoms with Crippen LogP contribution in [0.2, 0.25) is 0 Å². The molecule has 0 aromatic heterocycles. The van der Waals surface area contributed by atoms with Gasteiger partial charge in [0, 0.05) is 7.11 Å². The van der Waals surface area contributed by atoms with Crippen LogP contribution in [0.4, 0.5) is 0 Å². The molecule has 2 N–H and O–H groups in total. The van der Waals surface area contributed by atoms with E-state index in [1.165, 1.54) is 0 Å². The van der Waals surface area contributed by atoms with Crippen molar-refractivity contribution in [3.63, 3.8) is 0 Å². The fourth-order valence-corrected chi connectivity index (χ4v) is 2.51. The predicted molar refractivity (Wildman–Crippen MR) is 82.1 cm³/mol. The maximum absolute atomic E-state index is 12.5. The van der Waals surface area contributed by atoms with E-state index < -0.39 is 5.60 Å². The molecule has 2 rings (SSSR count). The number of benzene rings is 1. The molecule has 0 aliphatic carbocycles. The molecule has 0 spiro atoms. The summed E-state index contributed by atoms with van der Waals surface area (Å²) in [6, 6.07) is 9.97. The van der Waals surface area contributed by atoms with Gasteiger partial charge < -0.3 is 15.4 Å². The van der Waals surface area contributed by atoms with Crippen molar-refractivity contribution in [2.24, 2.45) is 0 Å². The minimum absolute atomic E-state index is 0. The molecule has 0 saturated carbocycles. The standard InChI is InChI=1S/C15H22N2O2.ClH/c1-12(13-6-4-3-5-7-13)17-14(18)15(19-2)8-10-16-11-9-15;/h3-7,12,16H,8-11H2,1-2H3,(H,17,18);1H. The molecule has 1 amide bonds. The number of carbonyl (C=O) groups excluding carboxylic acids is 1. The number of ether oxygens (including phenoxy) is 1. The molecule has 0 bridgehead atoms. The van der Waals surface area contributed by atoms with Gasteiger partial charge in [-0.25, -0.2) is 0 Å². The molecule has 1 aliphatic heterocycles. The number of hydrogen-bond donors (Lipinski definition) is 2. The van der Waals surface area contributed by atoms with Gasteiger partial charge in [-0.15, -0.1) is 12.4 Å². The van der Waals surface area contributed by atoms with Gasteiger partial charge in [-0.1, -0.05) is 30.3 Å². The van der Waals surface area contributed by atoms with Gasteiger partial charge >= 0.3 is 0 Å². The zero-order valence-corrected chi connectivity index (χ0v) is 12.8. The Labute approximate surface area is 126 Å². The van der Waals surface area contributed by atoms with Crippen molar-refractivity contribution in [2.45, 2.75) is 31.4 Å². The molecular formula is C15H23ClN2O2. The summed E-state index contributed by atoms with van der Waals surface area (Å²) in [6.45, 7) is 3.64. The largest absolute Gasteiger partial charge is 0.368 e. The second kappa shape index (κ2) is 7.62. The zero-order chi connectivity index (χ0) is 13.7. The van der Waals surface area contributed by atoms with E-state index in [1.807, 2.05) is 37.3 Å². The highest BCUT2D eigenvalue weighted by Crippen LogP contribution is 2.24. The van der Waals surface area contributed by atoms with Gasteiger partial charge in [0.2, 0.25) is 0 Å². The van der Waals surface area contributed by atoms with Gasteiger partial charge in [0.1, 0.15) is 5.60 Å². The predicted octanol–water partition coefficient (Wildman–Crippen LogP) is 2.05. The van der Waals surface area contributed by atoms with E-state index >= 15 is 0 Å². The summed E-state index contributed by atoms with van der Waals surface area (Å²) in [5.74, 6) is -0.00662. The Balaban J connectivity index is 0.00000200. The van der Waals surface area contributed by atoms with Crippen LogP contribution in [-0.2, 0) is 9.53 Å². The first kappa shape index (κ1) is 17.0. The molecule has 1 aliphatic rings. The fourth-order valence-electron chi connectivity index (χ4n) is 2.51. The number of amides is 1. The van der Waals surface area contributed by atoms with Crippen molar-refractivity contribution in [3.8, 4) is 0 Å². The third-order valence-electron chi connectivity index (χ3n) is 3.86. The lowest BCUT2D eigenvalue weighted by Gasteiger charge is -2.35. The van der Waals surface area contributed by atoms with Crippen LogP contribution in [0, 0.1) is 0 Å². The van der Waals surface area contributed by atoms with Crippen LogP contribution < -0.4 is 10.6 Å². The summed E-state index contributed by atoms with van der Waals surface area (Å²) in [5.41, 5.74) is 0.435. The molecule has 5 heteroatoms. The smallest absolute Gasteiger partial charge is 0.252 e. The molecule has 1 aromatic rings. The Bertz CT molecular complexity index is 419. The van der Waals surface area contributed by atoms with Gasteiger partial charge in [-0.2, -0.15) is 0 Å². The molecule has 1 unspecified atom stereocenters. The van der Waals surface area contributed by atoms with Gasteiger partial charge in [0.25, 0.3) is 5.91 Å². The summed E-state index contributed by atoms with van der Waals surface area (Å²) >= 11 is 0. The highest BCUT2D eigenvalue weighted by Gasteiger charge is 2.40. The second-order valence-corrected chi connectivity index (χ2v) is 5.05. The summed E-state index contributed by atoms with van der Waals surface area (Å²) in [4.78, 5) is 12.5. The first-order valence-electron chi connectivity index (χ1n) is 6.80. The first-order valence-corrected chi connectivity index (χ1v) is 6.80. The van der Waals surface area contributed by atoms with E-state index in [0.29, 0.717) is 0 Å². The van der Waals surface area contributed by atoms with Crippen LogP contribution in [0.5, 0.6) is 0 Å². The van der Waals surface area contributed by atoms with Crippen LogP contribution >= 0.6 is 12.4 Å². The molecule has 1 heterocycles. The van der Waals surface area contributed by atoms with E-state index in [2.05, 4.69) is 10.6 Å². The molecule has 1 fully saturated rings. The Morgan fingerprint density at radius 2 is 1.90 bits per heavy atom. The lowest BCUT2D eigenvalue weighted by atomic mass is 9.90. The first-order chi connectivity index (χ1) is 9.18. The Kier molecular flexibility index (Phi) is 6.46. The third kappa shape index (κ3) is 3.72. The molecule has 0 radical (unpaired) electrons. The van der Waals surface area contributed by atoms with Crippen molar-refractivity contribution in [1.82, 2.24) is 10.6 Å². The number of carbonyl (C=O) groups is 1. The van der Waals surface area contributed by atoms with E-state index in [0.717, 1.165) is 31.5 Å². The monoisotopic (exact) mass is 298 g/mol. The van der Waals surface area contributed by atoms with E-state index in [4.69, 9.17) is 4.74 Å². The van der Waals surface area contributed by atoms with Crippen LogP contribution in [0.1, 0.15) is 31.4 Å². The highest BCUT2D eigenvalue weighted by atomic mass is 35.5. The number of nitrogens with one attached hydrogen (secondary N) is 2. The Hall–Kier alpha value is -1.10.